The Morgan fingerprint density at radius 1 is 1.09 bits per heavy atom. The number of primary sulfonamides is 1. The van der Waals surface area contributed by atoms with Gasteiger partial charge in [-0.2, -0.15) is 0 Å². The van der Waals surface area contributed by atoms with Crippen molar-refractivity contribution in [2.24, 2.45) is 22.9 Å². The number of rotatable bonds is 6. The van der Waals surface area contributed by atoms with Crippen LogP contribution < -0.4 is 5.14 Å². The van der Waals surface area contributed by atoms with Gasteiger partial charge >= 0.3 is 0 Å². The monoisotopic (exact) mass is 344 g/mol. The topological polar surface area (TPSA) is 80.5 Å². The van der Waals surface area contributed by atoms with Crippen molar-refractivity contribution >= 4 is 15.9 Å². The summed E-state index contributed by atoms with van der Waals surface area (Å²) in [4.78, 5) is 14.7. The van der Waals surface area contributed by atoms with Crippen molar-refractivity contribution in [3.8, 4) is 0 Å². The summed E-state index contributed by atoms with van der Waals surface area (Å²) in [5, 5.41) is 5.13. The molecule has 6 heteroatoms. The first kappa shape index (κ1) is 18.7. The van der Waals surface area contributed by atoms with E-state index in [1.807, 2.05) is 4.90 Å². The van der Waals surface area contributed by atoms with Gasteiger partial charge < -0.3 is 4.90 Å². The smallest absolute Gasteiger partial charge is 0.225 e. The minimum absolute atomic E-state index is 0.0499. The van der Waals surface area contributed by atoms with Crippen molar-refractivity contribution in [1.29, 1.82) is 0 Å². The lowest BCUT2D eigenvalue weighted by atomic mass is 9.81. The van der Waals surface area contributed by atoms with Gasteiger partial charge in [0, 0.05) is 19.0 Å². The SMILES string of the molecule is CC[C@H](CC1CCCCC1)C(=O)N1CCC(CS(N)(=O)=O)CC1. The molecule has 2 fully saturated rings. The van der Waals surface area contributed by atoms with E-state index in [1.54, 1.807) is 0 Å². The number of nitrogens with zero attached hydrogens (tertiary/aromatic N) is 1. The van der Waals surface area contributed by atoms with Gasteiger partial charge in [0.15, 0.2) is 0 Å². The lowest BCUT2D eigenvalue weighted by Crippen LogP contribution is -2.43. The molecule has 5 nitrogen and oxygen atoms in total. The molecule has 0 bridgehead atoms. The summed E-state index contributed by atoms with van der Waals surface area (Å²) < 4.78 is 22.4. The number of sulfonamides is 1. The molecule has 1 atom stereocenters. The maximum absolute atomic E-state index is 12.8. The van der Waals surface area contributed by atoms with E-state index in [4.69, 9.17) is 5.14 Å². The van der Waals surface area contributed by atoms with Gasteiger partial charge in [-0.15, -0.1) is 0 Å². The molecule has 1 saturated carbocycles. The molecule has 2 rings (SSSR count). The molecule has 2 N–H and O–H groups in total. The summed E-state index contributed by atoms with van der Waals surface area (Å²) in [5.74, 6) is 1.30. The number of amides is 1. The molecular weight excluding hydrogens is 312 g/mol. The van der Waals surface area contributed by atoms with E-state index in [0.717, 1.165) is 31.6 Å². The van der Waals surface area contributed by atoms with Crippen LogP contribution in [0.5, 0.6) is 0 Å². The molecule has 0 radical (unpaired) electrons. The fourth-order valence-electron chi connectivity index (χ4n) is 4.17. The zero-order chi connectivity index (χ0) is 16.9. The van der Waals surface area contributed by atoms with Crippen LogP contribution >= 0.6 is 0 Å². The molecule has 23 heavy (non-hydrogen) atoms. The van der Waals surface area contributed by atoms with Gasteiger partial charge in [0.1, 0.15) is 0 Å². The van der Waals surface area contributed by atoms with Crippen LogP contribution in [0, 0.1) is 17.8 Å². The number of nitrogens with two attached hydrogens (primary N) is 1. The molecule has 0 spiro atoms. The Labute approximate surface area is 141 Å². The van der Waals surface area contributed by atoms with Crippen LogP contribution in [0.2, 0.25) is 0 Å². The van der Waals surface area contributed by atoms with Crippen molar-refractivity contribution in [1.82, 2.24) is 4.90 Å². The summed E-state index contributed by atoms with van der Waals surface area (Å²) in [6.07, 6.45) is 9.98. The second-order valence-electron chi connectivity index (χ2n) is 7.44. The summed E-state index contributed by atoms with van der Waals surface area (Å²) >= 11 is 0. The molecule has 0 aromatic rings. The van der Waals surface area contributed by atoms with Crippen LogP contribution in [0.4, 0.5) is 0 Å². The Hall–Kier alpha value is -0.620. The first-order valence-electron chi connectivity index (χ1n) is 9.18. The number of hydrogen-bond acceptors (Lipinski definition) is 3. The van der Waals surface area contributed by atoms with Crippen LogP contribution in [-0.4, -0.2) is 38.1 Å². The maximum atomic E-state index is 12.8. The zero-order valence-corrected chi connectivity index (χ0v) is 15.2. The largest absolute Gasteiger partial charge is 0.342 e. The summed E-state index contributed by atoms with van der Waals surface area (Å²) in [7, 11) is -3.41. The number of carbonyl (C=O) groups is 1. The van der Waals surface area contributed by atoms with Gasteiger partial charge in [-0.3, -0.25) is 4.79 Å². The molecule has 0 aromatic carbocycles. The van der Waals surface area contributed by atoms with Gasteiger partial charge in [0.2, 0.25) is 15.9 Å². The first-order valence-corrected chi connectivity index (χ1v) is 10.9. The van der Waals surface area contributed by atoms with Crippen LogP contribution in [0.25, 0.3) is 0 Å². The second kappa shape index (κ2) is 8.47. The predicted molar refractivity (Wildman–Crippen MR) is 92.3 cm³/mol. The third kappa shape index (κ3) is 6.07. The Bertz CT molecular complexity index is 478. The third-order valence-corrected chi connectivity index (χ3v) is 6.51. The highest BCUT2D eigenvalue weighted by molar-refractivity contribution is 7.89. The molecule has 1 amide bonds. The average Bonchev–Trinajstić information content (AvgIpc) is 2.52. The first-order chi connectivity index (χ1) is 10.9. The van der Waals surface area contributed by atoms with Gasteiger partial charge in [-0.1, -0.05) is 39.0 Å². The Morgan fingerprint density at radius 3 is 2.22 bits per heavy atom. The van der Waals surface area contributed by atoms with Crippen LogP contribution in [0.15, 0.2) is 0 Å². The average molecular weight is 345 g/mol. The Balaban J connectivity index is 1.82. The van der Waals surface area contributed by atoms with Crippen molar-refractivity contribution in [2.75, 3.05) is 18.8 Å². The fourth-order valence-corrected chi connectivity index (χ4v) is 5.16. The third-order valence-electron chi connectivity index (χ3n) is 5.58. The van der Waals surface area contributed by atoms with Gasteiger partial charge in [0.25, 0.3) is 0 Å². The minimum atomic E-state index is -3.41. The Kier molecular flexibility index (Phi) is 6.89. The van der Waals surface area contributed by atoms with Crippen molar-refractivity contribution in [2.45, 2.75) is 64.7 Å². The van der Waals surface area contributed by atoms with E-state index in [2.05, 4.69) is 6.92 Å². The quantitative estimate of drug-likeness (QED) is 0.804. The molecular formula is C17H32N2O3S. The van der Waals surface area contributed by atoms with E-state index < -0.39 is 10.0 Å². The van der Waals surface area contributed by atoms with Crippen molar-refractivity contribution in [3.63, 3.8) is 0 Å². The van der Waals surface area contributed by atoms with E-state index in [1.165, 1.54) is 32.1 Å². The van der Waals surface area contributed by atoms with Crippen LogP contribution in [0.3, 0.4) is 0 Å². The molecule has 134 valence electrons. The highest BCUT2D eigenvalue weighted by Gasteiger charge is 2.30. The van der Waals surface area contributed by atoms with Gasteiger partial charge in [0.05, 0.1) is 5.75 Å². The van der Waals surface area contributed by atoms with Crippen molar-refractivity contribution in [3.05, 3.63) is 0 Å². The molecule has 0 unspecified atom stereocenters. The summed E-state index contributed by atoms with van der Waals surface area (Å²) in [6.45, 7) is 3.47. The van der Waals surface area contributed by atoms with Crippen LogP contribution in [0.1, 0.15) is 64.7 Å². The molecule has 1 aliphatic heterocycles. The predicted octanol–water partition coefficient (Wildman–Crippen LogP) is 2.51. The standard InChI is InChI=1S/C17H32N2O3S/c1-2-16(12-14-6-4-3-5-7-14)17(20)19-10-8-15(9-11-19)13-23(18,21)22/h14-16H,2-13H2,1H3,(H2,18,21,22)/t16-/m1/s1. The molecule has 1 saturated heterocycles. The highest BCUT2D eigenvalue weighted by Crippen LogP contribution is 2.31. The van der Waals surface area contributed by atoms with E-state index >= 15 is 0 Å². The van der Waals surface area contributed by atoms with Gasteiger partial charge in [-0.05, 0) is 37.5 Å². The van der Waals surface area contributed by atoms with Gasteiger partial charge in [-0.25, -0.2) is 13.6 Å². The minimum Gasteiger partial charge on any atom is -0.342 e. The number of carbonyl (C=O) groups excluding carboxylic acids is 1. The number of hydrogen-bond donors (Lipinski definition) is 1. The summed E-state index contributed by atoms with van der Waals surface area (Å²) in [5.41, 5.74) is 0. The summed E-state index contributed by atoms with van der Waals surface area (Å²) in [6, 6.07) is 0. The van der Waals surface area contributed by atoms with E-state index in [9.17, 15) is 13.2 Å². The van der Waals surface area contributed by atoms with Crippen LogP contribution in [-0.2, 0) is 14.8 Å². The molecule has 0 aromatic heterocycles. The highest BCUT2D eigenvalue weighted by atomic mass is 32.2. The number of likely N-dealkylation sites (tertiary alicyclic amines) is 1. The molecule has 1 heterocycles. The zero-order valence-electron chi connectivity index (χ0n) is 14.4. The van der Waals surface area contributed by atoms with E-state index in [0.29, 0.717) is 13.1 Å². The second-order valence-corrected chi connectivity index (χ2v) is 9.10. The maximum Gasteiger partial charge on any atom is 0.225 e. The number of piperidine rings is 1. The lowest BCUT2D eigenvalue weighted by molar-refractivity contribution is -0.137. The van der Waals surface area contributed by atoms with Crippen molar-refractivity contribution < 1.29 is 13.2 Å². The Morgan fingerprint density at radius 2 is 1.70 bits per heavy atom. The molecule has 1 aliphatic carbocycles. The van der Waals surface area contributed by atoms with E-state index in [-0.39, 0.29) is 23.5 Å². The lowest BCUT2D eigenvalue weighted by Gasteiger charge is -2.35. The fraction of sp³-hybridized carbons (Fsp3) is 0.941. The normalized spacial score (nSPS) is 23.0. The molecule has 2 aliphatic rings.